The summed E-state index contributed by atoms with van der Waals surface area (Å²) in [5.41, 5.74) is 4.68. The number of imidazole rings is 1. The molecule has 1 saturated heterocycles. The maximum absolute atomic E-state index is 4.94. The highest BCUT2D eigenvalue weighted by Gasteiger charge is 2.29. The Bertz CT molecular complexity index is 1050. The number of hydrogen-bond donors (Lipinski definition) is 0. The van der Waals surface area contributed by atoms with Crippen molar-refractivity contribution in [2.75, 3.05) is 32.1 Å². The largest absolute Gasteiger partial charge is 0.339 e. The fourth-order valence-electron chi connectivity index (χ4n) is 5.21. The zero-order valence-corrected chi connectivity index (χ0v) is 19.1. The standard InChI is InChI=1S/C24H33N7/c1-17-13-30(14-18(2)29(17)4)24-26-12-10-22-27-20(16-31(22)24)15-28(3)21-9-5-7-19-8-6-11-25-23(19)21/h6,8,10-12,16-18,21H,5,7,9,13-15H2,1-4H3/t17-,18+,21?. The molecule has 7 heteroatoms. The molecule has 7 nitrogen and oxygen atoms in total. The summed E-state index contributed by atoms with van der Waals surface area (Å²) >= 11 is 0. The van der Waals surface area contributed by atoms with Crippen molar-refractivity contribution < 1.29 is 0 Å². The van der Waals surface area contributed by atoms with E-state index < -0.39 is 0 Å². The number of piperazine rings is 1. The Morgan fingerprint density at radius 3 is 2.71 bits per heavy atom. The van der Waals surface area contributed by atoms with E-state index in [0.29, 0.717) is 18.1 Å². The fourth-order valence-corrected chi connectivity index (χ4v) is 5.21. The number of nitrogens with zero attached hydrogens (tertiary/aromatic N) is 7. The average Bonchev–Trinajstić information content (AvgIpc) is 3.19. The van der Waals surface area contributed by atoms with Gasteiger partial charge in [-0.15, -0.1) is 0 Å². The van der Waals surface area contributed by atoms with E-state index in [2.05, 4.69) is 65.4 Å². The number of likely N-dealkylation sites (N-methyl/N-ethyl adjacent to an activating group) is 1. The Kier molecular flexibility index (Phi) is 5.40. The van der Waals surface area contributed by atoms with Crippen LogP contribution in [0.4, 0.5) is 5.95 Å². The predicted octanol–water partition coefficient (Wildman–Crippen LogP) is 3.16. The predicted molar refractivity (Wildman–Crippen MR) is 123 cm³/mol. The van der Waals surface area contributed by atoms with Crippen molar-refractivity contribution in [3.05, 3.63) is 53.7 Å². The third-order valence-electron chi connectivity index (χ3n) is 7.16. The van der Waals surface area contributed by atoms with Crippen molar-refractivity contribution in [1.29, 1.82) is 0 Å². The molecule has 3 aromatic heterocycles. The van der Waals surface area contributed by atoms with Crippen LogP contribution in [0.5, 0.6) is 0 Å². The minimum absolute atomic E-state index is 0.353. The van der Waals surface area contributed by atoms with Gasteiger partial charge in [0, 0.05) is 50.3 Å². The van der Waals surface area contributed by atoms with Gasteiger partial charge in [-0.2, -0.15) is 0 Å². The van der Waals surface area contributed by atoms with Crippen LogP contribution >= 0.6 is 0 Å². The molecule has 3 aromatic rings. The first-order chi connectivity index (χ1) is 15.0. The number of rotatable bonds is 4. The van der Waals surface area contributed by atoms with E-state index in [1.807, 2.05) is 18.5 Å². The van der Waals surface area contributed by atoms with Gasteiger partial charge in [-0.3, -0.25) is 19.2 Å². The van der Waals surface area contributed by atoms with E-state index >= 15 is 0 Å². The summed E-state index contributed by atoms with van der Waals surface area (Å²) in [5, 5.41) is 0. The highest BCUT2D eigenvalue weighted by atomic mass is 15.4. The van der Waals surface area contributed by atoms with E-state index in [4.69, 9.17) is 15.0 Å². The van der Waals surface area contributed by atoms with Crippen LogP contribution in [0.3, 0.4) is 0 Å². The van der Waals surface area contributed by atoms with Crippen molar-refractivity contribution in [2.45, 2.75) is 57.8 Å². The molecular formula is C24H33N7. The molecule has 0 bridgehead atoms. The minimum atomic E-state index is 0.353. The molecule has 4 heterocycles. The zero-order valence-electron chi connectivity index (χ0n) is 19.1. The summed E-state index contributed by atoms with van der Waals surface area (Å²) < 4.78 is 2.17. The number of aryl methyl sites for hydroxylation is 1. The van der Waals surface area contributed by atoms with Gasteiger partial charge in [-0.05, 0) is 64.9 Å². The van der Waals surface area contributed by atoms with Gasteiger partial charge in [0.05, 0.1) is 17.4 Å². The summed E-state index contributed by atoms with van der Waals surface area (Å²) in [7, 11) is 4.41. The van der Waals surface area contributed by atoms with Gasteiger partial charge in [-0.25, -0.2) is 9.97 Å². The Balaban J connectivity index is 1.39. The van der Waals surface area contributed by atoms with E-state index in [-0.39, 0.29) is 0 Å². The molecule has 1 aliphatic heterocycles. The zero-order chi connectivity index (χ0) is 21.5. The average molecular weight is 420 g/mol. The number of pyridine rings is 1. The number of aromatic nitrogens is 4. The third-order valence-corrected chi connectivity index (χ3v) is 7.16. The minimum Gasteiger partial charge on any atom is -0.339 e. The molecule has 0 aromatic carbocycles. The van der Waals surface area contributed by atoms with Crippen molar-refractivity contribution in [3.63, 3.8) is 0 Å². The van der Waals surface area contributed by atoms with Gasteiger partial charge in [-0.1, -0.05) is 6.07 Å². The Hall–Kier alpha value is -2.51. The molecule has 0 spiro atoms. The van der Waals surface area contributed by atoms with Crippen molar-refractivity contribution in [1.82, 2.24) is 29.2 Å². The maximum Gasteiger partial charge on any atom is 0.211 e. The Morgan fingerprint density at radius 1 is 1.10 bits per heavy atom. The number of hydrogen-bond acceptors (Lipinski definition) is 6. The number of anilines is 1. The van der Waals surface area contributed by atoms with Crippen LogP contribution in [0.1, 0.15) is 49.7 Å². The topological polar surface area (TPSA) is 52.8 Å². The molecule has 0 amide bonds. The summed E-state index contributed by atoms with van der Waals surface area (Å²) in [6.07, 6.45) is 9.49. The lowest BCUT2D eigenvalue weighted by Crippen LogP contribution is -2.55. The molecule has 164 valence electrons. The van der Waals surface area contributed by atoms with Crippen LogP contribution < -0.4 is 4.90 Å². The van der Waals surface area contributed by atoms with Crippen LogP contribution in [-0.2, 0) is 13.0 Å². The van der Waals surface area contributed by atoms with Gasteiger partial charge >= 0.3 is 0 Å². The molecule has 1 aliphatic carbocycles. The SMILES string of the molecule is C[C@@H]1CN(c2nccc3nc(CN(C)C4CCCc5cccnc54)cn23)C[C@H](C)N1C. The lowest BCUT2D eigenvalue weighted by molar-refractivity contribution is 0.169. The third kappa shape index (κ3) is 3.81. The first kappa shape index (κ1) is 20.4. The fraction of sp³-hybridized carbons (Fsp3) is 0.542. The Labute approximate surface area is 184 Å². The smallest absolute Gasteiger partial charge is 0.211 e. The molecule has 1 unspecified atom stereocenters. The van der Waals surface area contributed by atoms with Gasteiger partial charge in [0.2, 0.25) is 5.95 Å². The molecule has 5 rings (SSSR count). The Morgan fingerprint density at radius 2 is 1.90 bits per heavy atom. The van der Waals surface area contributed by atoms with Crippen LogP contribution in [-0.4, -0.2) is 68.4 Å². The van der Waals surface area contributed by atoms with Crippen molar-refractivity contribution in [3.8, 4) is 0 Å². The number of fused-ring (bicyclic) bond motifs is 2. The summed E-state index contributed by atoms with van der Waals surface area (Å²) in [4.78, 5) is 21.6. The second-order valence-electron chi connectivity index (χ2n) is 9.34. The van der Waals surface area contributed by atoms with Crippen molar-refractivity contribution >= 4 is 11.6 Å². The van der Waals surface area contributed by atoms with Gasteiger partial charge in [0.15, 0.2) is 0 Å². The molecule has 0 N–H and O–H groups in total. The summed E-state index contributed by atoms with van der Waals surface area (Å²) in [5.74, 6) is 0.996. The summed E-state index contributed by atoms with van der Waals surface area (Å²) in [6.45, 7) is 7.33. The lowest BCUT2D eigenvalue weighted by Gasteiger charge is -2.42. The van der Waals surface area contributed by atoms with Crippen LogP contribution in [0.15, 0.2) is 36.8 Å². The van der Waals surface area contributed by atoms with Gasteiger partial charge in [0.25, 0.3) is 0 Å². The van der Waals surface area contributed by atoms with Gasteiger partial charge in [0.1, 0.15) is 5.65 Å². The molecule has 1 fully saturated rings. The molecule has 0 saturated carbocycles. The molecule has 3 atom stereocenters. The van der Waals surface area contributed by atoms with E-state index in [1.54, 1.807) is 0 Å². The maximum atomic E-state index is 4.94. The highest BCUT2D eigenvalue weighted by Crippen LogP contribution is 2.32. The van der Waals surface area contributed by atoms with Crippen LogP contribution in [0, 0.1) is 0 Å². The molecule has 0 radical (unpaired) electrons. The van der Waals surface area contributed by atoms with Crippen LogP contribution in [0.25, 0.3) is 5.65 Å². The first-order valence-electron chi connectivity index (χ1n) is 11.4. The van der Waals surface area contributed by atoms with E-state index in [9.17, 15) is 0 Å². The van der Waals surface area contributed by atoms with Gasteiger partial charge < -0.3 is 4.90 Å². The second kappa shape index (κ2) is 8.20. The first-order valence-corrected chi connectivity index (χ1v) is 11.4. The highest BCUT2D eigenvalue weighted by molar-refractivity contribution is 5.48. The molecule has 31 heavy (non-hydrogen) atoms. The monoisotopic (exact) mass is 419 g/mol. The quantitative estimate of drug-likeness (QED) is 0.648. The normalized spacial score (nSPS) is 24.7. The summed E-state index contributed by atoms with van der Waals surface area (Å²) in [6, 6.07) is 7.63. The van der Waals surface area contributed by atoms with Crippen molar-refractivity contribution in [2.24, 2.45) is 0 Å². The molecule has 2 aliphatic rings. The lowest BCUT2D eigenvalue weighted by atomic mass is 9.91. The van der Waals surface area contributed by atoms with Crippen LogP contribution in [0.2, 0.25) is 0 Å². The van der Waals surface area contributed by atoms with E-state index in [0.717, 1.165) is 49.8 Å². The second-order valence-corrected chi connectivity index (χ2v) is 9.34. The van der Waals surface area contributed by atoms with E-state index in [1.165, 1.54) is 17.7 Å². The molecular weight excluding hydrogens is 386 g/mol.